The minimum atomic E-state index is -0.0185. The first-order valence-corrected chi connectivity index (χ1v) is 8.08. The first-order chi connectivity index (χ1) is 10.2. The van der Waals surface area contributed by atoms with Crippen molar-refractivity contribution in [2.75, 3.05) is 13.1 Å². The number of hydrogen-bond donors (Lipinski definition) is 0. The molecule has 1 saturated heterocycles. The predicted octanol–water partition coefficient (Wildman–Crippen LogP) is 3.25. The molecule has 1 aromatic carbocycles. The van der Waals surface area contributed by atoms with Crippen LogP contribution in [0.4, 0.5) is 0 Å². The number of hydrogen-bond acceptors (Lipinski definition) is 3. The molecule has 1 aliphatic heterocycles. The topological polar surface area (TPSA) is 29.5 Å². The van der Waals surface area contributed by atoms with Gasteiger partial charge in [-0.25, -0.2) is 0 Å². The van der Waals surface area contributed by atoms with Gasteiger partial charge in [-0.05, 0) is 30.9 Å². The molecule has 23 heavy (non-hydrogen) atoms. The fraction of sp³-hybridized carbons (Fsp3) is 0.588. The minimum Gasteiger partial charge on any atom is -0.543 e. The van der Waals surface area contributed by atoms with Crippen LogP contribution < -0.4 is 0 Å². The lowest BCUT2D eigenvalue weighted by molar-refractivity contribution is -0.140. The first kappa shape index (κ1) is 22.3. The molecule has 1 aliphatic rings. The van der Waals surface area contributed by atoms with Crippen LogP contribution in [0, 0.1) is 11.8 Å². The third-order valence-electron chi connectivity index (χ3n) is 4.50. The van der Waals surface area contributed by atoms with Gasteiger partial charge >= 0.3 is 8.05 Å². The Morgan fingerprint density at radius 2 is 2.04 bits per heavy atom. The summed E-state index contributed by atoms with van der Waals surface area (Å²) in [7, 11) is 1.51. The summed E-state index contributed by atoms with van der Waals surface area (Å²) in [6.45, 7) is 5.25. The molecule has 1 heterocycles. The van der Waals surface area contributed by atoms with Crippen LogP contribution in [0.15, 0.2) is 30.3 Å². The summed E-state index contributed by atoms with van der Waals surface area (Å²) >= 11 is 0. The highest BCUT2D eigenvalue weighted by molar-refractivity contribution is 6.05. The lowest BCUT2D eigenvalue weighted by Gasteiger charge is -2.22. The van der Waals surface area contributed by atoms with Crippen LogP contribution >= 0.6 is 24.8 Å². The highest BCUT2D eigenvalue weighted by Crippen LogP contribution is 2.29. The second kappa shape index (κ2) is 11.8. The van der Waals surface area contributed by atoms with Crippen LogP contribution in [0.5, 0.6) is 0 Å². The van der Waals surface area contributed by atoms with Crippen molar-refractivity contribution in [2.45, 2.75) is 39.2 Å². The number of rotatable bonds is 7. The minimum absolute atomic E-state index is 0. The third kappa shape index (κ3) is 6.74. The van der Waals surface area contributed by atoms with Gasteiger partial charge in [0.25, 0.3) is 5.97 Å². The lowest BCUT2D eigenvalue weighted by atomic mass is 9.87. The maximum absolute atomic E-state index is 12.0. The van der Waals surface area contributed by atoms with Crippen molar-refractivity contribution in [3.8, 4) is 0 Å². The van der Waals surface area contributed by atoms with Gasteiger partial charge in [-0.1, -0.05) is 50.1 Å². The summed E-state index contributed by atoms with van der Waals surface area (Å²) in [5, 5.41) is 0. The molecule has 0 aromatic heterocycles. The van der Waals surface area contributed by atoms with E-state index in [1.165, 1.54) is 13.6 Å². The van der Waals surface area contributed by atoms with Gasteiger partial charge in [-0.3, -0.25) is 9.69 Å². The molecule has 6 heteroatoms. The van der Waals surface area contributed by atoms with Gasteiger partial charge in [-0.15, -0.1) is 24.8 Å². The van der Waals surface area contributed by atoms with Gasteiger partial charge < -0.3 is 4.65 Å². The summed E-state index contributed by atoms with van der Waals surface area (Å²) in [5.41, 5.74) is 1.35. The molecule has 1 fully saturated rings. The smallest absolute Gasteiger partial charge is 0.325 e. The molecule has 3 nitrogen and oxygen atoms in total. The zero-order valence-corrected chi connectivity index (χ0v) is 15.7. The number of nitrogens with zero attached hydrogens (tertiary/aromatic N) is 1. The maximum Gasteiger partial charge on any atom is 0.325 e. The Kier molecular flexibility index (Phi) is 11.4. The summed E-state index contributed by atoms with van der Waals surface area (Å²) < 4.78 is 5.02. The molecule has 0 aliphatic carbocycles. The molecule has 0 amide bonds. The fourth-order valence-electron chi connectivity index (χ4n) is 3.30. The Bertz CT molecular complexity index is 447. The van der Waals surface area contributed by atoms with Crippen LogP contribution in [0.3, 0.4) is 0 Å². The van der Waals surface area contributed by atoms with E-state index in [2.05, 4.69) is 36.1 Å². The van der Waals surface area contributed by atoms with Gasteiger partial charge in [-0.2, -0.15) is 0 Å². The van der Waals surface area contributed by atoms with Crippen molar-refractivity contribution in [3.05, 3.63) is 35.9 Å². The van der Waals surface area contributed by atoms with Crippen molar-refractivity contribution in [1.82, 2.24) is 4.90 Å². The van der Waals surface area contributed by atoms with E-state index in [-0.39, 0.29) is 36.7 Å². The number of carbonyl (C=O) groups excluding carboxylic acids is 1. The lowest BCUT2D eigenvalue weighted by Crippen LogP contribution is -2.28. The molecule has 0 saturated carbocycles. The van der Waals surface area contributed by atoms with Gasteiger partial charge in [0, 0.05) is 13.1 Å². The molecular formula is C17H28BCl2NO2. The zero-order valence-electron chi connectivity index (χ0n) is 14.1. The molecule has 0 spiro atoms. The monoisotopic (exact) mass is 359 g/mol. The highest BCUT2D eigenvalue weighted by Gasteiger charge is 2.33. The van der Waals surface area contributed by atoms with Gasteiger partial charge in [0.2, 0.25) is 0 Å². The Morgan fingerprint density at radius 1 is 1.35 bits per heavy atom. The van der Waals surface area contributed by atoms with Crippen LogP contribution in [-0.4, -0.2) is 32.0 Å². The molecule has 0 N–H and O–H groups in total. The summed E-state index contributed by atoms with van der Waals surface area (Å²) in [6, 6.07) is 10.6. The summed E-state index contributed by atoms with van der Waals surface area (Å²) in [4.78, 5) is 14.5. The SMILES string of the molecule is BOC(=O)C(CCCC)[C@@H]1CCN(Cc2ccccc2)C1.Cl.Cl. The Morgan fingerprint density at radius 3 is 2.65 bits per heavy atom. The molecule has 130 valence electrons. The van der Waals surface area contributed by atoms with Gasteiger partial charge in [0.1, 0.15) is 0 Å². The maximum atomic E-state index is 12.0. The Balaban J connectivity index is 0.00000242. The number of likely N-dealkylation sites (tertiary alicyclic amines) is 1. The predicted molar refractivity (Wildman–Crippen MR) is 102 cm³/mol. The number of halogens is 2. The Hall–Kier alpha value is -0.705. The summed E-state index contributed by atoms with van der Waals surface area (Å²) in [6.07, 6.45) is 4.31. The summed E-state index contributed by atoms with van der Waals surface area (Å²) in [5.74, 6) is 0.512. The average Bonchev–Trinajstić information content (AvgIpc) is 2.96. The normalized spacial score (nSPS) is 18.6. The fourth-order valence-corrected chi connectivity index (χ4v) is 3.30. The van der Waals surface area contributed by atoms with Crippen molar-refractivity contribution >= 4 is 38.8 Å². The number of carbonyl (C=O) groups is 1. The van der Waals surface area contributed by atoms with E-state index in [0.29, 0.717) is 5.92 Å². The van der Waals surface area contributed by atoms with Crippen LogP contribution in [0.2, 0.25) is 0 Å². The van der Waals surface area contributed by atoms with Crippen LogP contribution in [-0.2, 0) is 16.0 Å². The van der Waals surface area contributed by atoms with Crippen molar-refractivity contribution in [1.29, 1.82) is 0 Å². The average molecular weight is 360 g/mol. The highest BCUT2D eigenvalue weighted by atomic mass is 35.5. The number of unbranched alkanes of at least 4 members (excludes halogenated alkanes) is 1. The van der Waals surface area contributed by atoms with Crippen molar-refractivity contribution < 1.29 is 9.45 Å². The van der Waals surface area contributed by atoms with E-state index in [1.807, 2.05) is 6.07 Å². The van der Waals surface area contributed by atoms with Crippen LogP contribution in [0.1, 0.15) is 38.2 Å². The van der Waals surface area contributed by atoms with Crippen molar-refractivity contribution in [3.63, 3.8) is 0 Å². The largest absolute Gasteiger partial charge is 0.543 e. The van der Waals surface area contributed by atoms with E-state index >= 15 is 0 Å². The molecule has 0 radical (unpaired) electrons. The van der Waals surface area contributed by atoms with E-state index in [4.69, 9.17) is 4.65 Å². The van der Waals surface area contributed by atoms with E-state index < -0.39 is 0 Å². The molecule has 1 unspecified atom stereocenters. The Labute approximate surface area is 153 Å². The number of benzene rings is 1. The van der Waals surface area contributed by atoms with Crippen LogP contribution in [0.25, 0.3) is 0 Å². The molecule has 2 rings (SSSR count). The van der Waals surface area contributed by atoms with Gasteiger partial charge in [0.15, 0.2) is 0 Å². The quantitative estimate of drug-likeness (QED) is 0.700. The molecular weight excluding hydrogens is 332 g/mol. The second-order valence-electron chi connectivity index (χ2n) is 6.04. The molecule has 0 bridgehead atoms. The van der Waals surface area contributed by atoms with E-state index in [9.17, 15) is 4.79 Å². The van der Waals surface area contributed by atoms with E-state index in [1.54, 1.807) is 0 Å². The second-order valence-corrected chi connectivity index (χ2v) is 6.04. The van der Waals surface area contributed by atoms with Gasteiger partial charge in [0.05, 0.1) is 5.92 Å². The first-order valence-electron chi connectivity index (χ1n) is 8.08. The van der Waals surface area contributed by atoms with Crippen molar-refractivity contribution in [2.24, 2.45) is 11.8 Å². The third-order valence-corrected chi connectivity index (χ3v) is 4.50. The molecule has 1 aromatic rings. The standard InChI is InChI=1S/C17H26BNO2.2ClH/c1-2-3-9-16(17(20)21-18)15-10-11-19(13-15)12-14-7-5-4-6-8-14;;/h4-8,15-16H,2-3,9-13,18H2,1H3;2*1H/t15-,16?;;/m1../s1. The zero-order chi connectivity index (χ0) is 15.1. The molecule has 2 atom stereocenters. The van der Waals surface area contributed by atoms with E-state index in [0.717, 1.165) is 45.3 Å².